The number of nitrogens with two attached hydrogens (primary N) is 1. The SMILES string of the molecule is CCCOc1nc(CC(C)C)nc(NC(C)CC)c1N. The van der Waals surface area contributed by atoms with Gasteiger partial charge in [0.2, 0.25) is 5.88 Å². The summed E-state index contributed by atoms with van der Waals surface area (Å²) in [6.07, 6.45) is 2.75. The van der Waals surface area contributed by atoms with Crippen molar-refractivity contribution in [2.75, 3.05) is 17.7 Å². The minimum absolute atomic E-state index is 0.318. The smallest absolute Gasteiger partial charge is 0.242 e. The van der Waals surface area contributed by atoms with E-state index < -0.39 is 0 Å². The lowest BCUT2D eigenvalue weighted by atomic mass is 10.1. The minimum atomic E-state index is 0.318. The Balaban J connectivity index is 3.05. The fourth-order valence-electron chi connectivity index (χ4n) is 1.70. The van der Waals surface area contributed by atoms with Crippen molar-refractivity contribution in [2.24, 2.45) is 5.92 Å². The monoisotopic (exact) mass is 280 g/mol. The summed E-state index contributed by atoms with van der Waals surface area (Å²) in [5.41, 5.74) is 6.62. The fourth-order valence-corrected chi connectivity index (χ4v) is 1.70. The van der Waals surface area contributed by atoms with E-state index in [-0.39, 0.29) is 0 Å². The summed E-state index contributed by atoms with van der Waals surface area (Å²) >= 11 is 0. The molecule has 114 valence electrons. The third kappa shape index (κ3) is 4.87. The van der Waals surface area contributed by atoms with E-state index in [2.05, 4.69) is 49.9 Å². The number of nitrogen functional groups attached to an aromatic ring is 1. The lowest BCUT2D eigenvalue weighted by Crippen LogP contribution is -2.18. The van der Waals surface area contributed by atoms with E-state index in [1.807, 2.05) is 0 Å². The highest BCUT2D eigenvalue weighted by Gasteiger charge is 2.15. The van der Waals surface area contributed by atoms with Crippen molar-refractivity contribution in [3.05, 3.63) is 5.82 Å². The quantitative estimate of drug-likeness (QED) is 0.764. The Hall–Kier alpha value is -1.52. The van der Waals surface area contributed by atoms with Crippen molar-refractivity contribution < 1.29 is 4.74 Å². The molecule has 5 heteroatoms. The molecule has 1 heterocycles. The maximum atomic E-state index is 6.11. The molecule has 0 saturated heterocycles. The van der Waals surface area contributed by atoms with Gasteiger partial charge in [-0.15, -0.1) is 0 Å². The first kappa shape index (κ1) is 16.5. The predicted octanol–water partition coefficient (Wildman–Crippen LogP) is 3.26. The second kappa shape index (κ2) is 7.92. The molecule has 1 rings (SSSR count). The molecule has 0 aliphatic carbocycles. The molecule has 1 aromatic heterocycles. The summed E-state index contributed by atoms with van der Waals surface area (Å²) in [4.78, 5) is 8.99. The topological polar surface area (TPSA) is 73.1 Å². The van der Waals surface area contributed by atoms with Crippen LogP contribution in [0.25, 0.3) is 0 Å². The number of anilines is 2. The molecule has 0 aromatic carbocycles. The van der Waals surface area contributed by atoms with E-state index >= 15 is 0 Å². The highest BCUT2D eigenvalue weighted by molar-refractivity contribution is 5.67. The van der Waals surface area contributed by atoms with Gasteiger partial charge in [0.1, 0.15) is 11.5 Å². The first-order valence-electron chi connectivity index (χ1n) is 7.53. The van der Waals surface area contributed by atoms with Crippen molar-refractivity contribution in [1.82, 2.24) is 9.97 Å². The maximum Gasteiger partial charge on any atom is 0.242 e. The number of aromatic nitrogens is 2. The van der Waals surface area contributed by atoms with E-state index in [9.17, 15) is 0 Å². The van der Waals surface area contributed by atoms with Crippen LogP contribution in [0.1, 0.15) is 53.3 Å². The van der Waals surface area contributed by atoms with E-state index in [1.165, 1.54) is 0 Å². The van der Waals surface area contributed by atoms with Gasteiger partial charge >= 0.3 is 0 Å². The van der Waals surface area contributed by atoms with Gasteiger partial charge in [-0.1, -0.05) is 27.7 Å². The third-order valence-electron chi connectivity index (χ3n) is 2.99. The first-order valence-corrected chi connectivity index (χ1v) is 7.53. The van der Waals surface area contributed by atoms with Crippen molar-refractivity contribution in [3.63, 3.8) is 0 Å². The number of ether oxygens (including phenoxy) is 1. The Kier molecular flexibility index (Phi) is 6.55. The number of nitrogens with one attached hydrogen (secondary N) is 1. The number of rotatable bonds is 8. The molecule has 20 heavy (non-hydrogen) atoms. The molecule has 0 spiro atoms. The molecule has 0 amide bonds. The summed E-state index contributed by atoms with van der Waals surface area (Å²) in [6.45, 7) is 11.2. The molecular weight excluding hydrogens is 252 g/mol. The fraction of sp³-hybridized carbons (Fsp3) is 0.733. The molecule has 3 N–H and O–H groups in total. The Morgan fingerprint density at radius 3 is 2.45 bits per heavy atom. The van der Waals surface area contributed by atoms with Crippen LogP contribution in [0.3, 0.4) is 0 Å². The minimum Gasteiger partial charge on any atom is -0.476 e. The van der Waals surface area contributed by atoms with Crippen molar-refractivity contribution >= 4 is 11.5 Å². The average Bonchev–Trinajstić information content (AvgIpc) is 2.39. The van der Waals surface area contributed by atoms with Gasteiger partial charge in [-0.3, -0.25) is 0 Å². The highest BCUT2D eigenvalue weighted by atomic mass is 16.5. The van der Waals surface area contributed by atoms with Gasteiger partial charge in [0.25, 0.3) is 0 Å². The van der Waals surface area contributed by atoms with Crippen LogP contribution in [0.15, 0.2) is 0 Å². The zero-order valence-electron chi connectivity index (χ0n) is 13.4. The molecule has 1 atom stereocenters. The lowest BCUT2D eigenvalue weighted by Gasteiger charge is -2.17. The van der Waals surface area contributed by atoms with Crippen LogP contribution in [-0.4, -0.2) is 22.6 Å². The van der Waals surface area contributed by atoms with Crippen LogP contribution in [0.4, 0.5) is 11.5 Å². The highest BCUT2D eigenvalue weighted by Crippen LogP contribution is 2.27. The number of nitrogens with zero attached hydrogens (tertiary/aromatic N) is 2. The zero-order valence-corrected chi connectivity index (χ0v) is 13.4. The van der Waals surface area contributed by atoms with Crippen molar-refractivity contribution in [1.29, 1.82) is 0 Å². The number of hydrogen-bond acceptors (Lipinski definition) is 5. The molecular formula is C15H28N4O. The first-order chi connectivity index (χ1) is 9.47. The Morgan fingerprint density at radius 2 is 1.90 bits per heavy atom. The molecule has 1 unspecified atom stereocenters. The van der Waals surface area contributed by atoms with Crippen molar-refractivity contribution in [2.45, 2.75) is 59.9 Å². The van der Waals surface area contributed by atoms with Gasteiger partial charge in [-0.25, -0.2) is 4.98 Å². The summed E-state index contributed by atoms with van der Waals surface area (Å²) in [5, 5.41) is 3.33. The summed E-state index contributed by atoms with van der Waals surface area (Å²) in [5.74, 6) is 2.47. The average molecular weight is 280 g/mol. The Labute approximate surface area is 122 Å². The van der Waals surface area contributed by atoms with Gasteiger partial charge in [0.15, 0.2) is 5.82 Å². The largest absolute Gasteiger partial charge is 0.476 e. The standard InChI is InChI=1S/C15H28N4O/c1-6-8-20-15-13(16)14(17-11(5)7-2)18-12(19-15)9-10(3)4/h10-11H,6-9,16H2,1-5H3,(H,17,18,19). The molecule has 0 bridgehead atoms. The molecule has 0 radical (unpaired) electrons. The number of hydrogen-bond donors (Lipinski definition) is 2. The van der Waals surface area contributed by atoms with Gasteiger partial charge in [-0.05, 0) is 25.7 Å². The van der Waals surface area contributed by atoms with Gasteiger partial charge < -0.3 is 15.8 Å². The van der Waals surface area contributed by atoms with Crippen LogP contribution in [0, 0.1) is 5.92 Å². The summed E-state index contributed by atoms with van der Waals surface area (Å²) in [7, 11) is 0. The van der Waals surface area contributed by atoms with Gasteiger partial charge in [0, 0.05) is 12.5 Å². The summed E-state index contributed by atoms with van der Waals surface area (Å²) < 4.78 is 5.65. The molecule has 1 aromatic rings. The third-order valence-corrected chi connectivity index (χ3v) is 2.99. The van der Waals surface area contributed by atoms with E-state index in [4.69, 9.17) is 10.5 Å². The zero-order chi connectivity index (χ0) is 15.1. The maximum absolute atomic E-state index is 6.11. The lowest BCUT2D eigenvalue weighted by molar-refractivity contribution is 0.305. The Morgan fingerprint density at radius 1 is 1.20 bits per heavy atom. The second-order valence-corrected chi connectivity index (χ2v) is 5.61. The van der Waals surface area contributed by atoms with Crippen LogP contribution >= 0.6 is 0 Å². The molecule has 0 fully saturated rings. The molecule has 0 saturated carbocycles. The van der Waals surface area contributed by atoms with Gasteiger partial charge in [0.05, 0.1) is 6.61 Å². The molecule has 0 aliphatic heterocycles. The molecule has 5 nitrogen and oxygen atoms in total. The normalized spacial score (nSPS) is 12.5. The van der Waals surface area contributed by atoms with Crippen LogP contribution in [-0.2, 0) is 6.42 Å². The van der Waals surface area contributed by atoms with Crippen LogP contribution < -0.4 is 15.8 Å². The Bertz CT molecular complexity index is 421. The van der Waals surface area contributed by atoms with Crippen LogP contribution in [0.2, 0.25) is 0 Å². The van der Waals surface area contributed by atoms with E-state index in [0.29, 0.717) is 36.0 Å². The van der Waals surface area contributed by atoms with Crippen LogP contribution in [0.5, 0.6) is 5.88 Å². The predicted molar refractivity (Wildman–Crippen MR) is 84.1 cm³/mol. The van der Waals surface area contributed by atoms with Crippen molar-refractivity contribution in [3.8, 4) is 5.88 Å². The second-order valence-electron chi connectivity index (χ2n) is 5.61. The van der Waals surface area contributed by atoms with E-state index in [0.717, 1.165) is 25.1 Å². The van der Waals surface area contributed by atoms with E-state index in [1.54, 1.807) is 0 Å². The van der Waals surface area contributed by atoms with Gasteiger partial charge in [-0.2, -0.15) is 4.98 Å². The molecule has 0 aliphatic rings. The summed E-state index contributed by atoms with van der Waals surface area (Å²) in [6, 6.07) is 0.318.